The molecule has 0 spiro atoms. The molecule has 5 heteroatoms. The Kier molecular flexibility index (Phi) is 5.77. The van der Waals surface area contributed by atoms with Crippen molar-refractivity contribution in [3.63, 3.8) is 0 Å². The highest BCUT2D eigenvalue weighted by molar-refractivity contribution is 6.34. The molecule has 1 amide bonds. The fraction of sp³-hybridized carbons (Fsp3) is 0.158. The van der Waals surface area contributed by atoms with Crippen molar-refractivity contribution in [3.05, 3.63) is 69.8 Å². The van der Waals surface area contributed by atoms with Crippen molar-refractivity contribution in [2.45, 2.75) is 13.8 Å². The average Bonchev–Trinajstić information content (AvgIpc) is 2.56. The van der Waals surface area contributed by atoms with Gasteiger partial charge in [-0.25, -0.2) is 4.79 Å². The predicted molar refractivity (Wildman–Crippen MR) is 96.4 cm³/mol. The summed E-state index contributed by atoms with van der Waals surface area (Å²) in [4.78, 5) is 23.4. The van der Waals surface area contributed by atoms with Crippen molar-refractivity contribution in [1.82, 2.24) is 0 Å². The maximum atomic E-state index is 12.1. The lowest BCUT2D eigenvalue weighted by molar-refractivity contribution is -0.111. The van der Waals surface area contributed by atoms with E-state index >= 15 is 0 Å². The Morgan fingerprint density at radius 3 is 2.38 bits per heavy atom. The number of ether oxygens (including phenoxy) is 1. The van der Waals surface area contributed by atoms with Crippen molar-refractivity contribution < 1.29 is 14.3 Å². The molecule has 0 unspecified atom stereocenters. The maximum Gasteiger partial charge on any atom is 0.337 e. The zero-order valence-electron chi connectivity index (χ0n) is 13.7. The second-order valence-corrected chi connectivity index (χ2v) is 5.78. The molecule has 0 heterocycles. The van der Waals surface area contributed by atoms with Crippen LogP contribution in [0.3, 0.4) is 0 Å². The molecule has 0 aromatic heterocycles. The van der Waals surface area contributed by atoms with E-state index < -0.39 is 5.97 Å². The Labute approximate surface area is 146 Å². The molecule has 1 N–H and O–H groups in total. The Bertz CT molecular complexity index is 772. The van der Waals surface area contributed by atoms with Crippen LogP contribution < -0.4 is 5.32 Å². The number of nitrogens with one attached hydrogen (secondary N) is 1. The zero-order valence-corrected chi connectivity index (χ0v) is 14.5. The highest BCUT2D eigenvalue weighted by Gasteiger charge is 2.08. The maximum absolute atomic E-state index is 12.1. The van der Waals surface area contributed by atoms with Crippen molar-refractivity contribution in [2.75, 3.05) is 12.4 Å². The van der Waals surface area contributed by atoms with Gasteiger partial charge in [-0.15, -0.1) is 0 Å². The number of aryl methyl sites for hydroxylation is 2. The van der Waals surface area contributed by atoms with Gasteiger partial charge in [0.05, 0.1) is 23.4 Å². The molecule has 4 nitrogen and oxygen atoms in total. The summed E-state index contributed by atoms with van der Waals surface area (Å²) in [5.41, 5.74) is 3.81. The van der Waals surface area contributed by atoms with Crippen LogP contribution in [-0.4, -0.2) is 19.0 Å². The van der Waals surface area contributed by atoms with Crippen LogP contribution in [0.15, 0.2) is 42.5 Å². The first-order valence-electron chi connectivity index (χ1n) is 7.35. The summed E-state index contributed by atoms with van der Waals surface area (Å²) in [5, 5.41) is 3.29. The summed E-state index contributed by atoms with van der Waals surface area (Å²) >= 11 is 6.17. The smallest absolute Gasteiger partial charge is 0.337 e. The molecule has 2 aromatic carbocycles. The molecule has 124 valence electrons. The van der Waals surface area contributed by atoms with E-state index in [1.165, 1.54) is 13.2 Å². The molecule has 0 saturated heterocycles. The number of hydrogen-bond donors (Lipinski definition) is 1. The minimum Gasteiger partial charge on any atom is -0.465 e. The summed E-state index contributed by atoms with van der Waals surface area (Å²) in [6, 6.07) is 10.5. The minimum atomic E-state index is -0.396. The third-order valence-corrected chi connectivity index (χ3v) is 3.74. The molecule has 0 aliphatic rings. The first-order chi connectivity index (χ1) is 11.4. The van der Waals surface area contributed by atoms with E-state index in [9.17, 15) is 9.59 Å². The number of esters is 1. The van der Waals surface area contributed by atoms with Gasteiger partial charge in [0.15, 0.2) is 0 Å². The number of carbonyl (C=O) groups is 2. The van der Waals surface area contributed by atoms with Gasteiger partial charge in [-0.1, -0.05) is 29.8 Å². The van der Waals surface area contributed by atoms with Gasteiger partial charge in [0.2, 0.25) is 5.91 Å². The lowest BCUT2D eigenvalue weighted by Gasteiger charge is -2.10. The number of hydrogen-bond acceptors (Lipinski definition) is 3. The molecule has 0 atom stereocenters. The lowest BCUT2D eigenvalue weighted by Crippen LogP contribution is -2.09. The molecule has 0 bridgehead atoms. The third kappa shape index (κ3) is 4.46. The molecule has 0 aliphatic carbocycles. The SMILES string of the molecule is COC(=O)c1ccc(/C=C/C(=O)Nc2c(C)cc(C)cc2Cl)cc1. The molecule has 0 aliphatic heterocycles. The summed E-state index contributed by atoms with van der Waals surface area (Å²) in [7, 11) is 1.33. The quantitative estimate of drug-likeness (QED) is 0.661. The van der Waals surface area contributed by atoms with Gasteiger partial charge in [-0.3, -0.25) is 4.79 Å². The molecular formula is C19H18ClNO3. The number of carbonyl (C=O) groups excluding carboxylic acids is 2. The number of halogens is 1. The van der Waals surface area contributed by atoms with E-state index in [4.69, 9.17) is 11.6 Å². The van der Waals surface area contributed by atoms with Gasteiger partial charge in [0, 0.05) is 6.08 Å². The second-order valence-electron chi connectivity index (χ2n) is 5.37. The fourth-order valence-corrected chi connectivity index (χ4v) is 2.63. The van der Waals surface area contributed by atoms with Crippen LogP contribution in [0.1, 0.15) is 27.0 Å². The summed E-state index contributed by atoms with van der Waals surface area (Å²) in [5.74, 6) is -0.673. The highest BCUT2D eigenvalue weighted by atomic mass is 35.5. The molecule has 24 heavy (non-hydrogen) atoms. The molecule has 0 radical (unpaired) electrons. The fourth-order valence-electron chi connectivity index (χ4n) is 2.26. The average molecular weight is 344 g/mol. The van der Waals surface area contributed by atoms with Crippen molar-refractivity contribution in [2.24, 2.45) is 0 Å². The van der Waals surface area contributed by atoms with Crippen molar-refractivity contribution >= 4 is 35.2 Å². The predicted octanol–water partition coefficient (Wildman–Crippen LogP) is 4.40. The topological polar surface area (TPSA) is 55.4 Å². The molecule has 2 aromatic rings. The van der Waals surface area contributed by atoms with E-state index in [2.05, 4.69) is 10.1 Å². The normalized spacial score (nSPS) is 10.7. The number of rotatable bonds is 4. The second kappa shape index (κ2) is 7.79. The lowest BCUT2D eigenvalue weighted by atomic mass is 10.1. The van der Waals surface area contributed by atoms with E-state index in [1.807, 2.05) is 19.9 Å². The highest BCUT2D eigenvalue weighted by Crippen LogP contribution is 2.27. The minimum absolute atomic E-state index is 0.277. The van der Waals surface area contributed by atoms with Crippen LogP contribution in [0.5, 0.6) is 0 Å². The molecular weight excluding hydrogens is 326 g/mol. The molecule has 2 rings (SSSR count). The number of methoxy groups -OCH3 is 1. The van der Waals surface area contributed by atoms with Crippen molar-refractivity contribution in [1.29, 1.82) is 0 Å². The van der Waals surface area contributed by atoms with Crippen LogP contribution in [-0.2, 0) is 9.53 Å². The first kappa shape index (κ1) is 17.8. The summed E-state index contributed by atoms with van der Waals surface area (Å²) < 4.78 is 4.64. The van der Waals surface area contributed by atoms with Gasteiger partial charge in [-0.2, -0.15) is 0 Å². The number of benzene rings is 2. The van der Waals surface area contributed by atoms with Crippen molar-refractivity contribution in [3.8, 4) is 0 Å². The van der Waals surface area contributed by atoms with Gasteiger partial charge in [0.1, 0.15) is 0 Å². The van der Waals surface area contributed by atoms with Crippen LogP contribution in [0.25, 0.3) is 6.08 Å². The molecule has 0 fully saturated rings. The first-order valence-corrected chi connectivity index (χ1v) is 7.72. The zero-order chi connectivity index (χ0) is 17.7. The van der Waals surface area contributed by atoms with E-state index in [0.717, 1.165) is 16.7 Å². The largest absolute Gasteiger partial charge is 0.465 e. The van der Waals surface area contributed by atoms with Crippen LogP contribution >= 0.6 is 11.6 Å². The number of amides is 1. The van der Waals surface area contributed by atoms with Gasteiger partial charge >= 0.3 is 5.97 Å². The summed E-state index contributed by atoms with van der Waals surface area (Å²) in [6.45, 7) is 3.84. The van der Waals surface area contributed by atoms with Crippen LogP contribution in [0.4, 0.5) is 5.69 Å². The monoisotopic (exact) mass is 343 g/mol. The van der Waals surface area contributed by atoms with E-state index in [-0.39, 0.29) is 5.91 Å². The van der Waals surface area contributed by atoms with Gasteiger partial charge in [0.25, 0.3) is 0 Å². The Hall–Kier alpha value is -2.59. The van der Waals surface area contributed by atoms with Gasteiger partial charge < -0.3 is 10.1 Å². The number of anilines is 1. The van der Waals surface area contributed by atoms with E-state index in [0.29, 0.717) is 16.3 Å². The Morgan fingerprint density at radius 2 is 1.79 bits per heavy atom. The molecule has 0 saturated carbocycles. The third-order valence-electron chi connectivity index (χ3n) is 3.44. The Morgan fingerprint density at radius 1 is 1.12 bits per heavy atom. The summed E-state index contributed by atoms with van der Waals surface area (Å²) in [6.07, 6.45) is 3.08. The van der Waals surface area contributed by atoms with Gasteiger partial charge in [-0.05, 0) is 54.8 Å². The Balaban J connectivity index is 2.07. The van der Waals surface area contributed by atoms with E-state index in [1.54, 1.807) is 36.4 Å². The van der Waals surface area contributed by atoms with Crippen LogP contribution in [0, 0.1) is 13.8 Å². The standard InChI is InChI=1S/C19H18ClNO3/c1-12-10-13(2)18(16(20)11-12)21-17(22)9-6-14-4-7-15(8-5-14)19(23)24-3/h4-11H,1-3H3,(H,21,22)/b9-6+. The van der Waals surface area contributed by atoms with Crippen LogP contribution in [0.2, 0.25) is 5.02 Å².